The Morgan fingerprint density at radius 2 is 2.00 bits per heavy atom. The molecule has 0 heterocycles. The number of hydrogen-bond acceptors (Lipinski definition) is 2. The molecule has 0 aliphatic heterocycles. The molecule has 2 N–H and O–H groups in total. The van der Waals surface area contributed by atoms with Gasteiger partial charge in [-0.1, -0.05) is 32.9 Å². The van der Waals surface area contributed by atoms with Gasteiger partial charge in [0.15, 0.2) is 0 Å². The minimum atomic E-state index is -0.161. The first-order chi connectivity index (χ1) is 8.88. The molecule has 0 aliphatic rings. The Morgan fingerprint density at radius 1 is 1.32 bits per heavy atom. The fourth-order valence-electron chi connectivity index (χ4n) is 1.84. The molecule has 0 saturated heterocycles. The summed E-state index contributed by atoms with van der Waals surface area (Å²) in [7, 11) is 3.28. The predicted octanol–water partition coefficient (Wildman–Crippen LogP) is 2.46. The van der Waals surface area contributed by atoms with E-state index in [1.165, 1.54) is 5.56 Å². The average Bonchev–Trinajstić information content (AvgIpc) is 2.37. The molecule has 0 unspecified atom stereocenters. The van der Waals surface area contributed by atoms with E-state index in [1.807, 2.05) is 6.07 Å². The van der Waals surface area contributed by atoms with Gasteiger partial charge in [0.25, 0.3) is 0 Å². The number of ether oxygens (including phenoxy) is 1. The molecule has 1 aromatic rings. The molecule has 0 saturated carbocycles. The van der Waals surface area contributed by atoms with E-state index in [0.717, 1.165) is 17.7 Å². The molecule has 0 aliphatic carbocycles. The van der Waals surface area contributed by atoms with Gasteiger partial charge in [0.2, 0.25) is 0 Å². The van der Waals surface area contributed by atoms with Gasteiger partial charge in [0, 0.05) is 13.6 Å². The number of nitrogens with one attached hydrogen (secondary N) is 2. The second-order valence-electron chi connectivity index (χ2n) is 5.53. The first-order valence-corrected chi connectivity index (χ1v) is 6.51. The van der Waals surface area contributed by atoms with E-state index in [1.54, 1.807) is 14.2 Å². The van der Waals surface area contributed by atoms with Gasteiger partial charge >= 0.3 is 6.03 Å². The van der Waals surface area contributed by atoms with Crippen molar-refractivity contribution in [2.75, 3.05) is 20.7 Å². The van der Waals surface area contributed by atoms with Crippen molar-refractivity contribution in [1.29, 1.82) is 0 Å². The van der Waals surface area contributed by atoms with E-state index in [4.69, 9.17) is 4.74 Å². The Hall–Kier alpha value is -1.71. The third-order valence-corrected chi connectivity index (χ3v) is 3.05. The van der Waals surface area contributed by atoms with Crippen LogP contribution in [0, 0.1) is 0 Å². The lowest BCUT2D eigenvalue weighted by atomic mass is 9.85. The molecule has 0 aromatic heterocycles. The van der Waals surface area contributed by atoms with Gasteiger partial charge in [-0.25, -0.2) is 4.79 Å². The molecule has 4 heteroatoms. The zero-order chi connectivity index (χ0) is 14.5. The maximum absolute atomic E-state index is 11.1. The number of amides is 2. The average molecular weight is 264 g/mol. The highest BCUT2D eigenvalue weighted by Gasteiger charge is 2.15. The summed E-state index contributed by atoms with van der Waals surface area (Å²) >= 11 is 0. The number of carbonyl (C=O) groups is 1. The lowest BCUT2D eigenvalue weighted by Gasteiger charge is -2.21. The van der Waals surface area contributed by atoms with Crippen LogP contribution in [0.1, 0.15) is 31.9 Å². The van der Waals surface area contributed by atoms with Gasteiger partial charge < -0.3 is 15.4 Å². The Kier molecular flexibility index (Phi) is 5.21. The monoisotopic (exact) mass is 264 g/mol. The number of rotatable bonds is 4. The lowest BCUT2D eigenvalue weighted by Crippen LogP contribution is -2.34. The normalized spacial score (nSPS) is 11.0. The van der Waals surface area contributed by atoms with Crippen molar-refractivity contribution in [1.82, 2.24) is 10.6 Å². The van der Waals surface area contributed by atoms with Gasteiger partial charge in [0.05, 0.1) is 7.11 Å². The van der Waals surface area contributed by atoms with Gasteiger partial charge in [-0.3, -0.25) is 0 Å². The van der Waals surface area contributed by atoms with Crippen LogP contribution in [-0.2, 0) is 11.8 Å². The van der Waals surface area contributed by atoms with Crippen molar-refractivity contribution in [3.05, 3.63) is 29.3 Å². The van der Waals surface area contributed by atoms with Crippen LogP contribution in [0.3, 0.4) is 0 Å². The lowest BCUT2D eigenvalue weighted by molar-refractivity contribution is 0.243. The maximum atomic E-state index is 11.1. The highest BCUT2D eigenvalue weighted by molar-refractivity contribution is 5.73. The van der Waals surface area contributed by atoms with Crippen LogP contribution in [0.15, 0.2) is 18.2 Å². The molecule has 106 valence electrons. The van der Waals surface area contributed by atoms with Gasteiger partial charge in [-0.15, -0.1) is 0 Å². The topological polar surface area (TPSA) is 50.4 Å². The van der Waals surface area contributed by atoms with E-state index in [9.17, 15) is 4.79 Å². The Labute approximate surface area is 115 Å². The van der Waals surface area contributed by atoms with Crippen LogP contribution >= 0.6 is 0 Å². The minimum absolute atomic E-state index is 0.106. The van der Waals surface area contributed by atoms with Crippen molar-refractivity contribution in [3.8, 4) is 5.75 Å². The van der Waals surface area contributed by atoms with Crippen LogP contribution in [0.4, 0.5) is 4.79 Å². The van der Waals surface area contributed by atoms with Gasteiger partial charge in [0.1, 0.15) is 5.75 Å². The second kappa shape index (κ2) is 6.45. The molecule has 0 bridgehead atoms. The molecule has 19 heavy (non-hydrogen) atoms. The number of urea groups is 1. The number of carbonyl (C=O) groups excluding carboxylic acids is 1. The molecule has 0 radical (unpaired) electrons. The van der Waals surface area contributed by atoms with Crippen LogP contribution in [0.2, 0.25) is 0 Å². The summed E-state index contributed by atoms with van der Waals surface area (Å²) < 4.78 is 5.37. The van der Waals surface area contributed by atoms with Crippen molar-refractivity contribution in [3.63, 3.8) is 0 Å². The number of methoxy groups -OCH3 is 1. The first-order valence-electron chi connectivity index (χ1n) is 6.51. The van der Waals surface area contributed by atoms with Crippen LogP contribution in [-0.4, -0.2) is 26.7 Å². The van der Waals surface area contributed by atoms with E-state index in [-0.39, 0.29) is 11.4 Å². The molecule has 1 rings (SSSR count). The Bertz CT molecular complexity index is 436. The van der Waals surface area contributed by atoms with Gasteiger partial charge in [-0.2, -0.15) is 0 Å². The van der Waals surface area contributed by atoms with E-state index < -0.39 is 0 Å². The van der Waals surface area contributed by atoms with E-state index in [0.29, 0.717) is 6.54 Å². The van der Waals surface area contributed by atoms with Crippen LogP contribution in [0.25, 0.3) is 0 Å². The van der Waals surface area contributed by atoms with Crippen molar-refractivity contribution < 1.29 is 9.53 Å². The number of benzene rings is 1. The fraction of sp³-hybridized carbons (Fsp3) is 0.533. The molecule has 0 atom stereocenters. The summed E-state index contributed by atoms with van der Waals surface area (Å²) in [6.07, 6.45) is 0.751. The Morgan fingerprint density at radius 3 is 2.53 bits per heavy atom. The molecular formula is C15H24N2O2. The molecule has 0 fully saturated rings. The number of hydrogen-bond donors (Lipinski definition) is 2. The predicted molar refractivity (Wildman–Crippen MR) is 77.9 cm³/mol. The minimum Gasteiger partial charge on any atom is -0.496 e. The summed E-state index contributed by atoms with van der Waals surface area (Å²) in [5, 5.41) is 5.32. The smallest absolute Gasteiger partial charge is 0.314 e. The second-order valence-corrected chi connectivity index (χ2v) is 5.53. The molecule has 0 spiro atoms. The molecular weight excluding hydrogens is 240 g/mol. The fourth-order valence-corrected chi connectivity index (χ4v) is 1.84. The summed E-state index contributed by atoms with van der Waals surface area (Å²) in [6, 6.07) is 6.08. The van der Waals surface area contributed by atoms with Crippen LogP contribution in [0.5, 0.6) is 5.75 Å². The summed E-state index contributed by atoms with van der Waals surface area (Å²) in [5.74, 6) is 0.867. The zero-order valence-electron chi connectivity index (χ0n) is 12.5. The summed E-state index contributed by atoms with van der Waals surface area (Å²) in [5.41, 5.74) is 2.49. The maximum Gasteiger partial charge on any atom is 0.314 e. The SMILES string of the molecule is CNC(=O)NCCc1cc(C(C)(C)C)ccc1OC. The van der Waals surface area contributed by atoms with Crippen molar-refractivity contribution >= 4 is 6.03 Å². The van der Waals surface area contributed by atoms with E-state index >= 15 is 0 Å². The molecule has 2 amide bonds. The first kappa shape index (κ1) is 15.3. The van der Waals surface area contributed by atoms with E-state index in [2.05, 4.69) is 43.5 Å². The molecule has 1 aromatic carbocycles. The zero-order valence-corrected chi connectivity index (χ0v) is 12.5. The Balaban J connectivity index is 2.82. The van der Waals surface area contributed by atoms with Crippen LogP contribution < -0.4 is 15.4 Å². The third-order valence-electron chi connectivity index (χ3n) is 3.05. The van der Waals surface area contributed by atoms with Crippen molar-refractivity contribution in [2.45, 2.75) is 32.6 Å². The van der Waals surface area contributed by atoms with Crippen molar-refractivity contribution in [2.24, 2.45) is 0 Å². The largest absolute Gasteiger partial charge is 0.496 e. The highest BCUT2D eigenvalue weighted by atomic mass is 16.5. The third kappa shape index (κ3) is 4.47. The summed E-state index contributed by atoms with van der Waals surface area (Å²) in [4.78, 5) is 11.1. The summed E-state index contributed by atoms with van der Waals surface area (Å²) in [6.45, 7) is 7.13. The van der Waals surface area contributed by atoms with Gasteiger partial charge in [-0.05, 0) is 29.0 Å². The molecule has 4 nitrogen and oxygen atoms in total. The quantitative estimate of drug-likeness (QED) is 0.877. The standard InChI is InChI=1S/C15H24N2O2/c1-15(2,3)12-6-7-13(19-5)11(10-12)8-9-17-14(18)16-4/h6-7,10H,8-9H2,1-5H3,(H2,16,17,18). The highest BCUT2D eigenvalue weighted by Crippen LogP contribution is 2.28.